The number of Topliss-reactive ketones (excluding diaryl/α,β-unsaturated/α-hetero) is 1. The van der Waals surface area contributed by atoms with E-state index < -0.39 is 6.10 Å². The van der Waals surface area contributed by atoms with Gasteiger partial charge in [-0.3, -0.25) is 4.79 Å². The van der Waals surface area contributed by atoms with E-state index in [1.54, 1.807) is 38.5 Å². The largest absolute Gasteiger partial charge is 0.497 e. The Hall–Kier alpha value is -3.08. The van der Waals surface area contributed by atoms with E-state index in [0.29, 0.717) is 34.1 Å². The predicted octanol–water partition coefficient (Wildman–Crippen LogP) is 5.61. The molecule has 1 atom stereocenters. The molecule has 152 valence electrons. The Morgan fingerprint density at radius 3 is 2.60 bits per heavy atom. The van der Waals surface area contributed by atoms with Crippen LogP contribution in [0.2, 0.25) is 5.02 Å². The van der Waals surface area contributed by atoms with Gasteiger partial charge in [-0.25, -0.2) is 0 Å². The van der Waals surface area contributed by atoms with Gasteiger partial charge in [-0.1, -0.05) is 54.1 Å². The zero-order valence-corrected chi connectivity index (χ0v) is 17.4. The molecule has 0 spiro atoms. The van der Waals surface area contributed by atoms with Crippen molar-refractivity contribution in [3.8, 4) is 22.6 Å². The smallest absolute Gasteiger partial charge is 0.193 e. The summed E-state index contributed by atoms with van der Waals surface area (Å²) in [5.74, 6) is 1.14. The first kappa shape index (κ1) is 20.2. The SMILES string of the molecule is COc1ccc2c(C(=O)C3=CCC(O)C=C3)c(-c3cccc(OC)c3Cl)ccc2c1. The van der Waals surface area contributed by atoms with Crippen molar-refractivity contribution in [1.82, 2.24) is 0 Å². The summed E-state index contributed by atoms with van der Waals surface area (Å²) in [5.41, 5.74) is 2.54. The van der Waals surface area contributed by atoms with Crippen LogP contribution < -0.4 is 9.47 Å². The average Bonchev–Trinajstić information content (AvgIpc) is 2.78. The molecule has 30 heavy (non-hydrogen) atoms. The number of halogens is 1. The maximum absolute atomic E-state index is 13.6. The van der Waals surface area contributed by atoms with E-state index in [1.165, 1.54) is 0 Å². The van der Waals surface area contributed by atoms with Crippen LogP contribution in [0.4, 0.5) is 0 Å². The number of hydrogen-bond donors (Lipinski definition) is 1. The van der Waals surface area contributed by atoms with E-state index in [2.05, 4.69) is 0 Å². The number of hydrogen-bond acceptors (Lipinski definition) is 4. The van der Waals surface area contributed by atoms with Crippen LogP contribution in [0.1, 0.15) is 16.8 Å². The number of aliphatic hydroxyl groups excluding tert-OH is 1. The van der Waals surface area contributed by atoms with Gasteiger partial charge in [0.15, 0.2) is 5.78 Å². The molecule has 0 bridgehead atoms. The molecular weight excluding hydrogens is 400 g/mol. The van der Waals surface area contributed by atoms with Gasteiger partial charge in [0.1, 0.15) is 11.5 Å². The van der Waals surface area contributed by atoms with E-state index in [1.807, 2.05) is 42.5 Å². The molecule has 3 aromatic carbocycles. The van der Waals surface area contributed by atoms with Crippen molar-refractivity contribution < 1.29 is 19.4 Å². The summed E-state index contributed by atoms with van der Waals surface area (Å²) in [7, 11) is 3.17. The molecule has 1 aliphatic carbocycles. The van der Waals surface area contributed by atoms with Crippen molar-refractivity contribution in [2.24, 2.45) is 0 Å². The third-order valence-corrected chi connectivity index (χ3v) is 5.66. The summed E-state index contributed by atoms with van der Waals surface area (Å²) in [6.45, 7) is 0. The number of carbonyl (C=O) groups excluding carboxylic acids is 1. The molecule has 1 N–H and O–H groups in total. The lowest BCUT2D eigenvalue weighted by Crippen LogP contribution is -2.11. The summed E-state index contributed by atoms with van der Waals surface area (Å²) >= 11 is 6.61. The van der Waals surface area contributed by atoms with Gasteiger partial charge in [-0.2, -0.15) is 0 Å². The number of rotatable bonds is 5. The van der Waals surface area contributed by atoms with Gasteiger partial charge in [0, 0.05) is 16.7 Å². The van der Waals surface area contributed by atoms with E-state index >= 15 is 0 Å². The quantitative estimate of drug-likeness (QED) is 0.545. The number of allylic oxidation sites excluding steroid dienone is 2. The van der Waals surface area contributed by atoms with Crippen LogP contribution in [0.15, 0.2) is 72.3 Å². The lowest BCUT2D eigenvalue weighted by atomic mass is 9.87. The van der Waals surface area contributed by atoms with Gasteiger partial charge in [0.05, 0.1) is 25.3 Å². The molecule has 0 saturated heterocycles. The van der Waals surface area contributed by atoms with Crippen molar-refractivity contribution in [3.63, 3.8) is 0 Å². The van der Waals surface area contributed by atoms with Gasteiger partial charge in [0.2, 0.25) is 0 Å². The molecule has 1 aliphatic rings. The Kier molecular flexibility index (Phi) is 5.62. The molecule has 4 rings (SSSR count). The topological polar surface area (TPSA) is 55.8 Å². The van der Waals surface area contributed by atoms with Crippen molar-refractivity contribution in [2.75, 3.05) is 14.2 Å². The van der Waals surface area contributed by atoms with E-state index in [9.17, 15) is 9.90 Å². The number of carbonyl (C=O) groups is 1. The molecule has 5 heteroatoms. The highest BCUT2D eigenvalue weighted by Crippen LogP contribution is 2.40. The van der Waals surface area contributed by atoms with Crippen molar-refractivity contribution in [3.05, 3.63) is 82.9 Å². The van der Waals surface area contributed by atoms with E-state index in [4.69, 9.17) is 21.1 Å². The number of benzene rings is 3. The van der Waals surface area contributed by atoms with Gasteiger partial charge in [0.25, 0.3) is 0 Å². The second-order valence-corrected chi connectivity index (χ2v) is 7.43. The van der Waals surface area contributed by atoms with Gasteiger partial charge < -0.3 is 14.6 Å². The van der Waals surface area contributed by atoms with Crippen molar-refractivity contribution in [2.45, 2.75) is 12.5 Å². The number of aliphatic hydroxyl groups is 1. The van der Waals surface area contributed by atoms with E-state index in [0.717, 1.165) is 21.9 Å². The Morgan fingerprint density at radius 2 is 1.90 bits per heavy atom. The minimum Gasteiger partial charge on any atom is -0.497 e. The first-order valence-corrected chi connectivity index (χ1v) is 9.96. The van der Waals surface area contributed by atoms with Crippen LogP contribution in [0, 0.1) is 0 Å². The molecule has 0 saturated carbocycles. The zero-order valence-electron chi connectivity index (χ0n) is 16.7. The van der Waals surface area contributed by atoms with Crippen LogP contribution in [0.3, 0.4) is 0 Å². The fourth-order valence-electron chi connectivity index (χ4n) is 3.70. The highest BCUT2D eigenvalue weighted by atomic mass is 35.5. The number of ether oxygens (including phenoxy) is 2. The lowest BCUT2D eigenvalue weighted by Gasteiger charge is -2.17. The molecule has 3 aromatic rings. The third-order valence-electron chi connectivity index (χ3n) is 5.27. The van der Waals surface area contributed by atoms with Crippen LogP contribution in [-0.2, 0) is 0 Å². The van der Waals surface area contributed by atoms with Crippen molar-refractivity contribution in [1.29, 1.82) is 0 Å². The normalized spacial score (nSPS) is 15.7. The molecule has 4 nitrogen and oxygen atoms in total. The monoisotopic (exact) mass is 420 g/mol. The molecule has 0 aromatic heterocycles. The Balaban J connectivity index is 1.98. The summed E-state index contributed by atoms with van der Waals surface area (Å²) in [5, 5.41) is 11.9. The Morgan fingerprint density at radius 1 is 1.07 bits per heavy atom. The molecule has 0 heterocycles. The first-order valence-electron chi connectivity index (χ1n) is 9.58. The van der Waals surface area contributed by atoms with Crippen molar-refractivity contribution >= 4 is 28.2 Å². The minimum atomic E-state index is -0.564. The fourth-order valence-corrected chi connectivity index (χ4v) is 4.01. The highest BCUT2D eigenvalue weighted by Gasteiger charge is 2.22. The zero-order chi connectivity index (χ0) is 21.3. The van der Waals surface area contributed by atoms with Gasteiger partial charge in [-0.05, 0) is 47.0 Å². The van der Waals surface area contributed by atoms with Crippen LogP contribution >= 0.6 is 11.6 Å². The number of fused-ring (bicyclic) bond motifs is 1. The predicted molar refractivity (Wildman–Crippen MR) is 120 cm³/mol. The summed E-state index contributed by atoms with van der Waals surface area (Å²) in [6.07, 6.45) is 4.93. The highest BCUT2D eigenvalue weighted by molar-refractivity contribution is 6.35. The van der Waals surface area contributed by atoms with Gasteiger partial charge in [-0.15, -0.1) is 0 Å². The number of methoxy groups -OCH3 is 2. The van der Waals surface area contributed by atoms with Crippen LogP contribution in [-0.4, -0.2) is 31.2 Å². The maximum atomic E-state index is 13.6. The molecule has 0 fully saturated rings. The molecule has 1 unspecified atom stereocenters. The molecule has 0 radical (unpaired) electrons. The summed E-state index contributed by atoms with van der Waals surface area (Å²) in [4.78, 5) is 13.6. The lowest BCUT2D eigenvalue weighted by molar-refractivity contribution is 0.103. The second kappa shape index (κ2) is 8.34. The maximum Gasteiger partial charge on any atom is 0.193 e. The Labute approximate surface area is 180 Å². The average molecular weight is 421 g/mol. The van der Waals surface area contributed by atoms with Crippen LogP contribution in [0.5, 0.6) is 11.5 Å². The molecular formula is C25H21ClO4. The minimum absolute atomic E-state index is 0.122. The summed E-state index contributed by atoms with van der Waals surface area (Å²) in [6, 6.07) is 15.0. The van der Waals surface area contributed by atoms with Crippen LogP contribution in [0.25, 0.3) is 21.9 Å². The standard InChI is InChI=1S/C25H21ClO4/c1-29-18-11-13-19-16(14-18)8-12-20(21-4-3-5-22(30-2)24(21)26)23(19)25(28)15-6-9-17(27)10-7-15/h3-9,11-14,17,27H,10H2,1-2H3. The second-order valence-electron chi connectivity index (χ2n) is 7.05. The first-order chi connectivity index (χ1) is 14.5. The summed E-state index contributed by atoms with van der Waals surface area (Å²) < 4.78 is 10.7. The van der Waals surface area contributed by atoms with Gasteiger partial charge >= 0.3 is 0 Å². The third kappa shape index (κ3) is 3.60. The van der Waals surface area contributed by atoms with E-state index in [-0.39, 0.29) is 5.78 Å². The fraction of sp³-hybridized carbons (Fsp3) is 0.160. The molecule has 0 aliphatic heterocycles. The molecule has 0 amide bonds. The Bertz CT molecular complexity index is 1190. The number of ketones is 1.